The van der Waals surface area contributed by atoms with Crippen molar-refractivity contribution in [1.29, 1.82) is 5.26 Å². The summed E-state index contributed by atoms with van der Waals surface area (Å²) in [4.78, 5) is 30.5. The van der Waals surface area contributed by atoms with Crippen LogP contribution in [-0.2, 0) is 22.4 Å². The van der Waals surface area contributed by atoms with Crippen molar-refractivity contribution in [3.8, 4) is 6.07 Å². The van der Waals surface area contributed by atoms with Crippen LogP contribution in [0.2, 0.25) is 0 Å². The normalized spacial score (nSPS) is 18.5. The van der Waals surface area contributed by atoms with Gasteiger partial charge in [0.2, 0.25) is 0 Å². The van der Waals surface area contributed by atoms with Gasteiger partial charge in [-0.3, -0.25) is 9.78 Å². The average molecular weight is 391 g/mol. The van der Waals surface area contributed by atoms with E-state index in [1.165, 1.54) is 0 Å². The summed E-state index contributed by atoms with van der Waals surface area (Å²) in [6, 6.07) is 9.79. The van der Waals surface area contributed by atoms with Crippen molar-refractivity contribution in [2.75, 3.05) is 0 Å². The molecule has 1 aromatic carbocycles. The van der Waals surface area contributed by atoms with Gasteiger partial charge in [-0.25, -0.2) is 4.79 Å². The molecule has 1 aromatic heterocycles. The number of esters is 1. The molecule has 1 fully saturated rings. The van der Waals surface area contributed by atoms with Gasteiger partial charge >= 0.3 is 5.97 Å². The van der Waals surface area contributed by atoms with Crippen LogP contribution < -0.4 is 5.32 Å². The number of hydrogen-bond donors (Lipinski definition) is 1. The Labute approximate surface area is 170 Å². The summed E-state index contributed by atoms with van der Waals surface area (Å²) in [6.45, 7) is 1.56. The number of nitrogens with zero attached hydrogens (tertiary/aromatic N) is 2. The molecule has 0 saturated heterocycles. The van der Waals surface area contributed by atoms with Crippen molar-refractivity contribution in [1.82, 2.24) is 10.3 Å². The molecule has 6 nitrogen and oxygen atoms in total. The first-order chi connectivity index (χ1) is 14.0. The minimum absolute atomic E-state index is 0.420. The summed E-state index contributed by atoms with van der Waals surface area (Å²) in [7, 11) is 0. The van der Waals surface area contributed by atoms with E-state index in [0.717, 1.165) is 60.7 Å². The number of nitrogens with one attached hydrogen (secondary N) is 1. The van der Waals surface area contributed by atoms with Crippen molar-refractivity contribution in [3.63, 3.8) is 0 Å². The van der Waals surface area contributed by atoms with E-state index < -0.39 is 23.5 Å². The van der Waals surface area contributed by atoms with Gasteiger partial charge in [0.1, 0.15) is 5.54 Å². The summed E-state index contributed by atoms with van der Waals surface area (Å²) in [5.74, 6) is -0.921. The summed E-state index contributed by atoms with van der Waals surface area (Å²) in [6.07, 6.45) is 5.80. The van der Waals surface area contributed by atoms with Gasteiger partial charge < -0.3 is 10.1 Å². The summed E-state index contributed by atoms with van der Waals surface area (Å²) in [5, 5.41) is 13.2. The lowest BCUT2D eigenvalue weighted by Gasteiger charge is -2.32. The second-order valence-electron chi connectivity index (χ2n) is 8.07. The highest BCUT2D eigenvalue weighted by atomic mass is 16.5. The molecule has 6 heteroatoms. The Morgan fingerprint density at radius 1 is 1.17 bits per heavy atom. The molecule has 1 amide bonds. The molecule has 0 bridgehead atoms. The van der Waals surface area contributed by atoms with Gasteiger partial charge in [0.25, 0.3) is 5.91 Å². The van der Waals surface area contributed by atoms with Crippen LogP contribution in [0.3, 0.4) is 0 Å². The molecule has 29 heavy (non-hydrogen) atoms. The number of fused-ring (bicyclic) bond motifs is 2. The van der Waals surface area contributed by atoms with Crippen LogP contribution in [0.25, 0.3) is 10.9 Å². The number of pyridine rings is 1. The van der Waals surface area contributed by atoms with Crippen molar-refractivity contribution in [3.05, 3.63) is 41.1 Å². The van der Waals surface area contributed by atoms with E-state index in [0.29, 0.717) is 18.4 Å². The maximum Gasteiger partial charge on any atom is 0.339 e. The average Bonchev–Trinajstić information content (AvgIpc) is 3.20. The van der Waals surface area contributed by atoms with E-state index in [4.69, 9.17) is 4.74 Å². The van der Waals surface area contributed by atoms with Gasteiger partial charge in [0.05, 0.1) is 17.1 Å². The molecule has 0 aliphatic heterocycles. The Morgan fingerprint density at radius 3 is 2.69 bits per heavy atom. The summed E-state index contributed by atoms with van der Waals surface area (Å²) < 4.78 is 5.57. The molecule has 1 heterocycles. The molecule has 1 atom stereocenters. The van der Waals surface area contributed by atoms with Gasteiger partial charge in [-0.05, 0) is 50.7 Å². The standard InChI is InChI=1S/C23H25N3O3/c1-15(21(27)26-23(14-24)12-5-2-6-13-23)29-22(28)20-16-8-3-4-10-18(16)25-19-11-7-9-17(19)20/h3-4,8,10,15H,2,5-7,9,11-13H2,1H3,(H,26,27)/t15-/m1/s1. The first-order valence-corrected chi connectivity index (χ1v) is 10.4. The van der Waals surface area contributed by atoms with E-state index in [1.807, 2.05) is 24.3 Å². The minimum Gasteiger partial charge on any atom is -0.449 e. The van der Waals surface area contributed by atoms with E-state index >= 15 is 0 Å². The van der Waals surface area contributed by atoms with Gasteiger partial charge in [0, 0.05) is 11.1 Å². The van der Waals surface area contributed by atoms with Crippen LogP contribution in [0, 0.1) is 11.3 Å². The molecular formula is C23H25N3O3. The van der Waals surface area contributed by atoms with Crippen molar-refractivity contribution >= 4 is 22.8 Å². The monoisotopic (exact) mass is 391 g/mol. The predicted molar refractivity (Wildman–Crippen MR) is 108 cm³/mol. The smallest absolute Gasteiger partial charge is 0.339 e. The molecule has 150 valence electrons. The minimum atomic E-state index is -0.973. The molecule has 0 unspecified atom stereocenters. The Bertz CT molecular complexity index is 1000. The molecule has 2 aromatic rings. The largest absolute Gasteiger partial charge is 0.449 e. The molecule has 1 saturated carbocycles. The predicted octanol–water partition coefficient (Wildman–Crippen LogP) is 3.61. The van der Waals surface area contributed by atoms with Crippen LogP contribution in [0.5, 0.6) is 0 Å². The van der Waals surface area contributed by atoms with Crippen molar-refractivity contribution < 1.29 is 14.3 Å². The molecule has 2 aliphatic rings. The highest BCUT2D eigenvalue weighted by Crippen LogP contribution is 2.31. The quantitative estimate of drug-likeness (QED) is 0.804. The molecule has 0 radical (unpaired) electrons. The first-order valence-electron chi connectivity index (χ1n) is 10.4. The Hall–Kier alpha value is -2.94. The molecular weight excluding hydrogens is 366 g/mol. The number of aryl methyl sites for hydroxylation is 1. The van der Waals surface area contributed by atoms with Crippen LogP contribution in [0.15, 0.2) is 24.3 Å². The second-order valence-corrected chi connectivity index (χ2v) is 8.07. The number of para-hydroxylation sites is 1. The fraction of sp³-hybridized carbons (Fsp3) is 0.478. The number of aromatic nitrogens is 1. The zero-order valence-electron chi connectivity index (χ0n) is 16.7. The number of amides is 1. The van der Waals surface area contributed by atoms with E-state index in [9.17, 15) is 14.9 Å². The summed E-state index contributed by atoms with van der Waals surface area (Å²) >= 11 is 0. The lowest BCUT2D eigenvalue weighted by molar-refractivity contribution is -0.130. The van der Waals surface area contributed by atoms with E-state index in [1.54, 1.807) is 6.92 Å². The highest BCUT2D eigenvalue weighted by Gasteiger charge is 2.36. The van der Waals surface area contributed by atoms with Gasteiger partial charge in [0.15, 0.2) is 6.10 Å². The zero-order chi connectivity index (χ0) is 20.4. The third kappa shape index (κ3) is 3.69. The zero-order valence-corrected chi connectivity index (χ0v) is 16.7. The number of ether oxygens (including phenoxy) is 1. The van der Waals surface area contributed by atoms with Crippen molar-refractivity contribution in [2.45, 2.75) is 69.9 Å². The van der Waals surface area contributed by atoms with Crippen LogP contribution >= 0.6 is 0 Å². The third-order valence-corrected chi connectivity index (χ3v) is 6.06. The van der Waals surface area contributed by atoms with Crippen LogP contribution in [0.1, 0.15) is 67.1 Å². The van der Waals surface area contributed by atoms with Gasteiger partial charge in [-0.1, -0.05) is 37.5 Å². The number of benzene rings is 1. The van der Waals surface area contributed by atoms with Crippen LogP contribution in [0.4, 0.5) is 0 Å². The fourth-order valence-corrected chi connectivity index (χ4v) is 4.47. The van der Waals surface area contributed by atoms with Gasteiger partial charge in [-0.2, -0.15) is 5.26 Å². The number of carbonyl (C=O) groups excluding carboxylic acids is 2. The van der Waals surface area contributed by atoms with E-state index in [2.05, 4.69) is 16.4 Å². The number of rotatable bonds is 4. The Kier molecular flexibility index (Phi) is 5.23. The lowest BCUT2D eigenvalue weighted by atomic mass is 9.83. The maximum absolute atomic E-state index is 13.1. The number of carbonyl (C=O) groups is 2. The molecule has 2 aliphatic carbocycles. The second kappa shape index (κ2) is 7.82. The lowest BCUT2D eigenvalue weighted by Crippen LogP contribution is -2.52. The molecule has 1 N–H and O–H groups in total. The fourth-order valence-electron chi connectivity index (χ4n) is 4.47. The Morgan fingerprint density at radius 2 is 1.93 bits per heavy atom. The maximum atomic E-state index is 13.1. The van der Waals surface area contributed by atoms with E-state index in [-0.39, 0.29) is 0 Å². The third-order valence-electron chi connectivity index (χ3n) is 6.06. The van der Waals surface area contributed by atoms with Crippen LogP contribution in [-0.4, -0.2) is 28.5 Å². The molecule has 0 spiro atoms. The van der Waals surface area contributed by atoms with Gasteiger partial charge in [-0.15, -0.1) is 0 Å². The SMILES string of the molecule is C[C@@H](OC(=O)c1c2c(nc3ccccc13)CCC2)C(=O)NC1(C#N)CCCCC1. The van der Waals surface area contributed by atoms with Crippen molar-refractivity contribution in [2.24, 2.45) is 0 Å². The summed E-state index contributed by atoms with van der Waals surface area (Å²) in [5.41, 5.74) is 2.32. The highest BCUT2D eigenvalue weighted by molar-refractivity contribution is 6.06. The molecule has 4 rings (SSSR count). The number of hydrogen-bond acceptors (Lipinski definition) is 5. The number of nitriles is 1. The first kappa shape index (κ1) is 19.4. The topological polar surface area (TPSA) is 92.1 Å². The Balaban J connectivity index is 1.55.